The molecule has 0 aromatic heterocycles. The fourth-order valence-electron chi connectivity index (χ4n) is 5.18. The Morgan fingerprint density at radius 1 is 0.773 bits per heavy atom. The Labute approximate surface area is 261 Å². The van der Waals surface area contributed by atoms with Crippen LogP contribution in [0.25, 0.3) is 0 Å². The first kappa shape index (κ1) is 32.5. The van der Waals surface area contributed by atoms with Gasteiger partial charge >= 0.3 is 0 Å². The lowest BCUT2D eigenvalue weighted by Gasteiger charge is -2.34. The van der Waals surface area contributed by atoms with E-state index in [4.69, 9.17) is 0 Å². The summed E-state index contributed by atoms with van der Waals surface area (Å²) in [6, 6.07) is 29.8. The third-order valence-corrected chi connectivity index (χ3v) is 9.37. The first-order valence-corrected chi connectivity index (χ1v) is 16.2. The molecule has 0 spiro atoms. The van der Waals surface area contributed by atoms with Crippen molar-refractivity contribution in [2.75, 3.05) is 10.8 Å². The number of nitrogens with zero attached hydrogens (tertiary/aromatic N) is 2. The Hall–Kier alpha value is -4.43. The van der Waals surface area contributed by atoms with Gasteiger partial charge in [-0.25, -0.2) is 8.42 Å². The maximum atomic E-state index is 14.6. The molecule has 4 rings (SSSR count). The molecule has 7 nitrogen and oxygen atoms in total. The predicted molar refractivity (Wildman–Crippen MR) is 176 cm³/mol. The van der Waals surface area contributed by atoms with E-state index < -0.39 is 28.5 Å². The van der Waals surface area contributed by atoms with Crippen molar-refractivity contribution in [3.05, 3.63) is 131 Å². The molecule has 1 N–H and O–H groups in total. The van der Waals surface area contributed by atoms with Crippen molar-refractivity contribution in [2.45, 2.75) is 64.6 Å². The molecule has 1 atom stereocenters. The second-order valence-corrected chi connectivity index (χ2v) is 13.3. The maximum absolute atomic E-state index is 14.6. The second-order valence-electron chi connectivity index (χ2n) is 11.4. The number of carbonyl (C=O) groups excluding carboxylic acids is 2. The average Bonchev–Trinajstić information content (AvgIpc) is 2.99. The Bertz CT molecular complexity index is 1690. The van der Waals surface area contributed by atoms with Gasteiger partial charge in [0.1, 0.15) is 12.6 Å². The summed E-state index contributed by atoms with van der Waals surface area (Å²) < 4.78 is 29.5. The molecular formula is C36H41N3O4S. The minimum atomic E-state index is -4.14. The minimum Gasteiger partial charge on any atom is -0.352 e. The molecule has 0 heterocycles. The molecule has 4 aromatic rings. The zero-order chi connectivity index (χ0) is 31.9. The SMILES string of the molecule is Cc1cccc(CN(C(=O)CN(c2cccc(C)c2C)S(=O)(=O)c2ccccc2)[C@H](Cc2ccccc2)C(=O)NC(C)C)c1. The van der Waals surface area contributed by atoms with Crippen LogP contribution >= 0.6 is 0 Å². The van der Waals surface area contributed by atoms with Gasteiger partial charge in [-0.2, -0.15) is 0 Å². The van der Waals surface area contributed by atoms with E-state index in [0.29, 0.717) is 5.69 Å². The van der Waals surface area contributed by atoms with Gasteiger partial charge in [0.15, 0.2) is 0 Å². The van der Waals surface area contributed by atoms with Crippen LogP contribution in [0.4, 0.5) is 5.69 Å². The van der Waals surface area contributed by atoms with Gasteiger partial charge in [-0.3, -0.25) is 13.9 Å². The molecule has 0 aliphatic carbocycles. The number of amides is 2. The highest BCUT2D eigenvalue weighted by Gasteiger charge is 2.35. The van der Waals surface area contributed by atoms with Crippen LogP contribution in [0.5, 0.6) is 0 Å². The van der Waals surface area contributed by atoms with Crippen molar-refractivity contribution in [3.8, 4) is 0 Å². The quantitative estimate of drug-likeness (QED) is 0.214. The van der Waals surface area contributed by atoms with E-state index in [2.05, 4.69) is 5.32 Å². The first-order chi connectivity index (χ1) is 21.0. The van der Waals surface area contributed by atoms with Gasteiger partial charge in [-0.15, -0.1) is 0 Å². The van der Waals surface area contributed by atoms with Crippen molar-refractivity contribution in [3.63, 3.8) is 0 Å². The summed E-state index contributed by atoms with van der Waals surface area (Å²) in [7, 11) is -4.14. The first-order valence-electron chi connectivity index (χ1n) is 14.8. The largest absolute Gasteiger partial charge is 0.352 e. The molecule has 0 aliphatic heterocycles. The number of carbonyl (C=O) groups is 2. The van der Waals surface area contributed by atoms with Gasteiger partial charge < -0.3 is 10.2 Å². The number of benzene rings is 4. The molecular weight excluding hydrogens is 570 g/mol. The molecule has 0 fully saturated rings. The summed E-state index contributed by atoms with van der Waals surface area (Å²) in [5.41, 5.74) is 4.83. The average molecular weight is 612 g/mol. The molecule has 0 bridgehead atoms. The van der Waals surface area contributed by atoms with Gasteiger partial charge in [0.05, 0.1) is 10.6 Å². The van der Waals surface area contributed by atoms with Crippen LogP contribution in [0, 0.1) is 20.8 Å². The normalized spacial score (nSPS) is 12.0. The van der Waals surface area contributed by atoms with Crippen molar-refractivity contribution in [1.82, 2.24) is 10.2 Å². The zero-order valence-electron chi connectivity index (χ0n) is 26.0. The Morgan fingerprint density at radius 2 is 1.39 bits per heavy atom. The number of rotatable bonds is 12. The van der Waals surface area contributed by atoms with Gasteiger partial charge in [-0.05, 0) is 75.1 Å². The third-order valence-electron chi connectivity index (χ3n) is 7.59. The highest BCUT2D eigenvalue weighted by atomic mass is 32.2. The lowest BCUT2D eigenvalue weighted by molar-refractivity contribution is -0.140. The summed E-state index contributed by atoms with van der Waals surface area (Å²) in [6.45, 7) is 9.13. The highest BCUT2D eigenvalue weighted by Crippen LogP contribution is 2.29. The van der Waals surface area contributed by atoms with Crippen LogP contribution in [0.15, 0.2) is 108 Å². The Balaban J connectivity index is 1.83. The number of anilines is 1. The monoisotopic (exact) mass is 611 g/mol. The summed E-state index contributed by atoms with van der Waals surface area (Å²) >= 11 is 0. The van der Waals surface area contributed by atoms with Gasteiger partial charge in [0.25, 0.3) is 10.0 Å². The Kier molecular flexibility index (Phi) is 10.6. The number of hydrogen-bond donors (Lipinski definition) is 1. The third kappa shape index (κ3) is 7.94. The van der Waals surface area contributed by atoms with E-state index in [1.807, 2.05) is 95.3 Å². The molecule has 0 radical (unpaired) electrons. The summed E-state index contributed by atoms with van der Waals surface area (Å²) in [4.78, 5) is 30.0. The van der Waals surface area contributed by atoms with E-state index in [0.717, 1.165) is 27.8 Å². The van der Waals surface area contributed by atoms with Crippen LogP contribution in [-0.4, -0.2) is 43.8 Å². The van der Waals surface area contributed by atoms with Crippen molar-refractivity contribution < 1.29 is 18.0 Å². The number of nitrogens with one attached hydrogen (secondary N) is 1. The number of sulfonamides is 1. The molecule has 230 valence electrons. The molecule has 8 heteroatoms. The zero-order valence-corrected chi connectivity index (χ0v) is 26.8. The predicted octanol–water partition coefficient (Wildman–Crippen LogP) is 5.97. The maximum Gasteiger partial charge on any atom is 0.264 e. The second kappa shape index (κ2) is 14.4. The van der Waals surface area contributed by atoms with Crippen LogP contribution in [0.1, 0.15) is 41.7 Å². The fraction of sp³-hybridized carbons (Fsp3) is 0.278. The number of aryl methyl sites for hydroxylation is 2. The van der Waals surface area contributed by atoms with Gasteiger partial charge in [-0.1, -0.05) is 90.5 Å². The minimum absolute atomic E-state index is 0.0809. The highest BCUT2D eigenvalue weighted by molar-refractivity contribution is 7.92. The van der Waals surface area contributed by atoms with E-state index in [9.17, 15) is 18.0 Å². The van der Waals surface area contributed by atoms with Crippen LogP contribution in [-0.2, 0) is 32.6 Å². The van der Waals surface area contributed by atoms with Crippen molar-refractivity contribution in [2.24, 2.45) is 0 Å². The van der Waals surface area contributed by atoms with Crippen LogP contribution < -0.4 is 9.62 Å². The molecule has 0 saturated carbocycles. The lowest BCUT2D eigenvalue weighted by Crippen LogP contribution is -2.54. The van der Waals surface area contributed by atoms with Crippen molar-refractivity contribution in [1.29, 1.82) is 0 Å². The van der Waals surface area contributed by atoms with Crippen LogP contribution in [0.3, 0.4) is 0 Å². The molecule has 0 saturated heterocycles. The van der Waals surface area contributed by atoms with E-state index in [1.54, 1.807) is 30.3 Å². The van der Waals surface area contributed by atoms with E-state index in [-0.39, 0.29) is 29.8 Å². The summed E-state index contributed by atoms with van der Waals surface area (Å²) in [5, 5.41) is 2.99. The van der Waals surface area contributed by atoms with E-state index in [1.165, 1.54) is 21.3 Å². The summed E-state index contributed by atoms with van der Waals surface area (Å²) in [5.74, 6) is -0.777. The molecule has 0 unspecified atom stereocenters. The fourth-order valence-corrected chi connectivity index (χ4v) is 6.67. The van der Waals surface area contributed by atoms with E-state index >= 15 is 0 Å². The topological polar surface area (TPSA) is 86.8 Å². The summed E-state index contributed by atoms with van der Waals surface area (Å²) in [6.07, 6.45) is 0.270. The Morgan fingerprint density at radius 3 is 2.02 bits per heavy atom. The van der Waals surface area contributed by atoms with Gasteiger partial charge in [0.2, 0.25) is 11.8 Å². The smallest absolute Gasteiger partial charge is 0.264 e. The van der Waals surface area contributed by atoms with Crippen molar-refractivity contribution >= 4 is 27.5 Å². The van der Waals surface area contributed by atoms with Gasteiger partial charge in [0, 0.05) is 19.0 Å². The standard InChI is InChI=1S/C36H41N3O4S/c1-26(2)37-36(41)34(23-30-16-8-6-9-17-30)38(24-31-18-12-14-27(3)22-31)35(40)25-39(33-21-13-15-28(4)29(33)5)44(42,43)32-19-10-7-11-20-32/h6-22,26,34H,23-25H2,1-5H3,(H,37,41)/t34-/m1/s1. The molecule has 44 heavy (non-hydrogen) atoms. The lowest BCUT2D eigenvalue weighted by atomic mass is 10.0. The molecule has 0 aliphatic rings. The number of hydrogen-bond acceptors (Lipinski definition) is 4. The molecule has 4 aromatic carbocycles. The molecule has 2 amide bonds. The van der Waals surface area contributed by atoms with Crippen LogP contribution in [0.2, 0.25) is 0 Å².